The fourth-order valence-electron chi connectivity index (χ4n) is 4.09. The number of methoxy groups -OCH3 is 1. The van der Waals surface area contributed by atoms with Gasteiger partial charge in [0, 0.05) is 26.7 Å². The molecule has 13 heteroatoms. The van der Waals surface area contributed by atoms with Crippen molar-refractivity contribution in [3.8, 4) is 0 Å². The first-order valence-electron chi connectivity index (χ1n) is 10.1. The Morgan fingerprint density at radius 1 is 1.20 bits per heavy atom. The summed E-state index contributed by atoms with van der Waals surface area (Å²) in [4.78, 5) is 0. The van der Waals surface area contributed by atoms with Crippen LogP contribution < -0.4 is 22.9 Å². The average molecular weight is 456 g/mol. The molecule has 178 valence electrons. The molecule has 0 aromatic heterocycles. The summed E-state index contributed by atoms with van der Waals surface area (Å²) in [6, 6.07) is -2.97. The Morgan fingerprint density at radius 2 is 1.83 bits per heavy atom. The maximum atomic E-state index is 12.6. The van der Waals surface area contributed by atoms with Gasteiger partial charge in [0.1, 0.15) is 18.3 Å². The molecule has 0 aromatic rings. The predicted molar refractivity (Wildman–Crippen MR) is 110 cm³/mol. The van der Waals surface area contributed by atoms with Crippen LogP contribution in [0.25, 0.3) is 0 Å². The zero-order valence-corrected chi connectivity index (χ0v) is 18.5. The van der Waals surface area contributed by atoms with Crippen LogP contribution >= 0.6 is 0 Å². The van der Waals surface area contributed by atoms with E-state index in [4.69, 9.17) is 37.1 Å². The second-order valence-corrected chi connectivity index (χ2v) is 10.3. The van der Waals surface area contributed by atoms with Crippen molar-refractivity contribution in [2.45, 2.75) is 80.7 Å². The molecular formula is C17H37N5O7S. The fraction of sp³-hybridized carbons (Fsp3) is 1.00. The maximum absolute atomic E-state index is 12.6. The van der Waals surface area contributed by atoms with Crippen LogP contribution in [0.5, 0.6) is 0 Å². The summed E-state index contributed by atoms with van der Waals surface area (Å²) >= 11 is 0. The minimum atomic E-state index is -3.83. The first-order valence-corrected chi connectivity index (χ1v) is 11.7. The number of rotatable bonds is 8. The molecule has 2 rings (SSSR count). The number of ether oxygens (including phenoxy) is 3. The highest BCUT2D eigenvalue weighted by Gasteiger charge is 2.54. The van der Waals surface area contributed by atoms with Gasteiger partial charge in [0.25, 0.3) is 0 Å². The highest BCUT2D eigenvalue weighted by Crippen LogP contribution is 2.31. The molecule has 0 amide bonds. The molecule has 30 heavy (non-hydrogen) atoms. The van der Waals surface area contributed by atoms with Crippen LogP contribution in [0.1, 0.15) is 19.8 Å². The Hall–Kier alpha value is -0.450. The number of sulfonamides is 1. The summed E-state index contributed by atoms with van der Waals surface area (Å²) < 4.78 is 43.2. The van der Waals surface area contributed by atoms with Crippen molar-refractivity contribution in [3.63, 3.8) is 0 Å². The Labute approximate surface area is 177 Å². The highest BCUT2D eigenvalue weighted by molar-refractivity contribution is 7.89. The molecule has 10 unspecified atom stereocenters. The average Bonchev–Trinajstić information content (AvgIpc) is 2.68. The topological polar surface area (TPSA) is 210 Å². The van der Waals surface area contributed by atoms with Gasteiger partial charge in [-0.25, -0.2) is 8.42 Å². The van der Waals surface area contributed by atoms with Gasteiger partial charge < -0.3 is 47.4 Å². The highest BCUT2D eigenvalue weighted by atomic mass is 32.2. The molecule has 10 atom stereocenters. The van der Waals surface area contributed by atoms with Crippen molar-refractivity contribution in [1.29, 1.82) is 0 Å². The molecule has 10 N–H and O–H groups in total. The van der Waals surface area contributed by atoms with Gasteiger partial charge >= 0.3 is 0 Å². The van der Waals surface area contributed by atoms with Crippen LogP contribution in [0.4, 0.5) is 0 Å². The standard InChI is InChI=1S/C17H37N5O7S/c1-8(19)10-5-4-9(20)17(28-10)29-15-11(21)13(23)16(27-3)12(14(15)24)22(2)30(25,26)7-6-18/h8-17,23-24H,4-7,18-21H2,1-3H3. The van der Waals surface area contributed by atoms with E-state index >= 15 is 0 Å². The third-order valence-electron chi connectivity index (χ3n) is 5.96. The maximum Gasteiger partial charge on any atom is 0.215 e. The second kappa shape index (κ2) is 10.4. The van der Waals surface area contributed by atoms with Crippen molar-refractivity contribution in [2.75, 3.05) is 26.5 Å². The van der Waals surface area contributed by atoms with Gasteiger partial charge in [-0.1, -0.05) is 0 Å². The smallest absolute Gasteiger partial charge is 0.215 e. The minimum absolute atomic E-state index is 0.0986. The third-order valence-corrected chi connectivity index (χ3v) is 7.83. The molecule has 0 aromatic carbocycles. The molecule has 0 radical (unpaired) electrons. The van der Waals surface area contributed by atoms with Crippen molar-refractivity contribution in [1.82, 2.24) is 4.31 Å². The summed E-state index contributed by atoms with van der Waals surface area (Å²) in [6.45, 7) is 1.71. The molecular weight excluding hydrogens is 418 g/mol. The largest absolute Gasteiger partial charge is 0.389 e. The van der Waals surface area contributed by atoms with Crippen LogP contribution in [0.3, 0.4) is 0 Å². The Bertz CT molecular complexity index is 654. The van der Waals surface area contributed by atoms with E-state index in [0.717, 1.165) is 4.31 Å². The molecule has 1 heterocycles. The fourth-order valence-corrected chi connectivity index (χ4v) is 5.29. The first-order chi connectivity index (χ1) is 14.0. The molecule has 2 aliphatic rings. The molecule has 0 spiro atoms. The van der Waals surface area contributed by atoms with Crippen molar-refractivity contribution < 1.29 is 32.8 Å². The van der Waals surface area contributed by atoms with E-state index in [-0.39, 0.29) is 24.4 Å². The number of likely N-dealkylation sites (N-methyl/N-ethyl adjacent to an activating group) is 1. The summed E-state index contributed by atoms with van der Waals surface area (Å²) in [5, 5.41) is 21.8. The zero-order valence-electron chi connectivity index (χ0n) is 17.7. The first kappa shape index (κ1) is 25.8. The molecule has 1 aliphatic carbocycles. The summed E-state index contributed by atoms with van der Waals surface area (Å²) in [6.07, 6.45) is -4.92. The number of nitrogens with two attached hydrogens (primary N) is 4. The van der Waals surface area contributed by atoms with Crippen molar-refractivity contribution >= 4 is 10.0 Å². The number of aliphatic hydroxyl groups excluding tert-OH is 2. The van der Waals surface area contributed by atoms with Gasteiger partial charge in [-0.2, -0.15) is 4.31 Å². The van der Waals surface area contributed by atoms with Crippen LogP contribution in [0.15, 0.2) is 0 Å². The predicted octanol–water partition coefficient (Wildman–Crippen LogP) is -3.78. The van der Waals surface area contributed by atoms with Gasteiger partial charge in [0.15, 0.2) is 6.29 Å². The molecule has 1 aliphatic heterocycles. The van der Waals surface area contributed by atoms with Crippen LogP contribution in [-0.2, 0) is 24.2 Å². The van der Waals surface area contributed by atoms with Gasteiger partial charge in [0.05, 0.1) is 36.1 Å². The third kappa shape index (κ3) is 5.30. The minimum Gasteiger partial charge on any atom is -0.389 e. The Kier molecular flexibility index (Phi) is 8.98. The van der Waals surface area contributed by atoms with Crippen molar-refractivity contribution in [3.05, 3.63) is 0 Å². The number of hydrogen-bond donors (Lipinski definition) is 6. The molecule has 12 nitrogen and oxygen atoms in total. The lowest BCUT2D eigenvalue weighted by Gasteiger charge is -2.49. The van der Waals surface area contributed by atoms with Crippen LogP contribution in [0, 0.1) is 0 Å². The number of aliphatic hydroxyl groups is 2. The van der Waals surface area contributed by atoms with Gasteiger partial charge in [-0.05, 0) is 19.8 Å². The molecule has 1 saturated carbocycles. The zero-order chi connectivity index (χ0) is 22.8. The molecule has 0 bridgehead atoms. The Morgan fingerprint density at radius 3 is 2.37 bits per heavy atom. The van der Waals surface area contributed by atoms with Gasteiger partial charge in [0.2, 0.25) is 10.0 Å². The molecule has 2 fully saturated rings. The van der Waals surface area contributed by atoms with E-state index in [9.17, 15) is 18.6 Å². The lowest BCUT2D eigenvalue weighted by molar-refractivity contribution is -0.265. The lowest BCUT2D eigenvalue weighted by atomic mass is 9.81. The Balaban J connectivity index is 2.29. The normalized spacial score (nSPS) is 41.7. The van der Waals surface area contributed by atoms with E-state index < -0.39 is 58.9 Å². The summed E-state index contributed by atoms with van der Waals surface area (Å²) in [7, 11) is -1.23. The second-order valence-electron chi connectivity index (χ2n) is 8.11. The molecule has 1 saturated heterocycles. The van der Waals surface area contributed by atoms with E-state index in [1.165, 1.54) is 14.2 Å². The summed E-state index contributed by atoms with van der Waals surface area (Å²) in [5.41, 5.74) is 23.6. The monoisotopic (exact) mass is 455 g/mol. The van der Waals surface area contributed by atoms with Gasteiger partial charge in [-0.15, -0.1) is 0 Å². The van der Waals surface area contributed by atoms with Crippen LogP contribution in [-0.4, -0.2) is 110 Å². The van der Waals surface area contributed by atoms with E-state index in [1.807, 2.05) is 0 Å². The van der Waals surface area contributed by atoms with Gasteiger partial charge in [-0.3, -0.25) is 0 Å². The SMILES string of the molecule is COC1C(O)C(N)C(OC2OC(C(C)N)CCC2N)C(O)C1N(C)S(=O)(=O)CCN. The number of hydrogen-bond acceptors (Lipinski definition) is 11. The van der Waals surface area contributed by atoms with Crippen LogP contribution in [0.2, 0.25) is 0 Å². The van der Waals surface area contributed by atoms with E-state index in [0.29, 0.717) is 12.8 Å². The van der Waals surface area contributed by atoms with E-state index in [1.54, 1.807) is 6.92 Å². The summed E-state index contributed by atoms with van der Waals surface area (Å²) in [5.74, 6) is -0.330. The number of nitrogens with zero attached hydrogens (tertiary/aromatic N) is 1. The lowest BCUT2D eigenvalue weighted by Crippen LogP contribution is -2.72. The quantitative estimate of drug-likeness (QED) is 0.209. The van der Waals surface area contributed by atoms with Crippen molar-refractivity contribution in [2.24, 2.45) is 22.9 Å². The van der Waals surface area contributed by atoms with E-state index in [2.05, 4.69) is 0 Å².